The van der Waals surface area contributed by atoms with Crippen LogP contribution in [-0.2, 0) is 32.7 Å². The number of piperidine rings is 1. The van der Waals surface area contributed by atoms with Crippen LogP contribution in [0.4, 0.5) is 4.79 Å². The fourth-order valence-electron chi connectivity index (χ4n) is 5.28. The van der Waals surface area contributed by atoms with Crippen LogP contribution in [-0.4, -0.2) is 59.8 Å². The van der Waals surface area contributed by atoms with Crippen LogP contribution in [0.25, 0.3) is 10.8 Å². The van der Waals surface area contributed by atoms with Crippen LogP contribution in [0.3, 0.4) is 0 Å². The number of rotatable bonds is 10. The lowest BCUT2D eigenvalue weighted by Gasteiger charge is -2.37. The second-order valence-electron chi connectivity index (χ2n) is 11.9. The van der Waals surface area contributed by atoms with Crippen LogP contribution in [0.5, 0.6) is 5.75 Å². The smallest absolute Gasteiger partial charge is 0.490 e. The second-order valence-corrected chi connectivity index (χ2v) is 11.9. The van der Waals surface area contributed by atoms with Gasteiger partial charge in [0, 0.05) is 25.7 Å². The first-order valence-corrected chi connectivity index (χ1v) is 14.9. The van der Waals surface area contributed by atoms with Crippen LogP contribution in [0.1, 0.15) is 54.7 Å². The molecule has 0 N–H and O–H groups in total. The molecule has 44 heavy (non-hydrogen) atoms. The molecule has 1 aliphatic rings. The summed E-state index contributed by atoms with van der Waals surface area (Å²) in [5.41, 5.74) is 2.03. The van der Waals surface area contributed by atoms with Crippen LogP contribution in [0.15, 0.2) is 85.1 Å². The highest BCUT2D eigenvalue weighted by Crippen LogP contribution is 2.33. The first kappa shape index (κ1) is 31.1. The highest BCUT2D eigenvalue weighted by molar-refractivity contribution is 5.87. The van der Waals surface area contributed by atoms with Crippen molar-refractivity contribution in [2.24, 2.45) is 7.05 Å². The molecule has 5 rings (SSSR count). The maximum atomic E-state index is 12.4. The molecule has 0 spiro atoms. The fourth-order valence-corrected chi connectivity index (χ4v) is 5.28. The number of aryl methyl sites for hydroxylation is 1. The highest BCUT2D eigenvalue weighted by atomic mass is 16.8. The average Bonchev–Trinajstić information content (AvgIpc) is 3.43. The van der Waals surface area contributed by atoms with Gasteiger partial charge in [0.05, 0.1) is 19.3 Å². The summed E-state index contributed by atoms with van der Waals surface area (Å²) in [6.07, 6.45) is 1.56. The minimum Gasteiger partial charge on any atom is -0.490 e. The van der Waals surface area contributed by atoms with Crippen molar-refractivity contribution in [1.29, 1.82) is 0 Å². The van der Waals surface area contributed by atoms with E-state index in [0.717, 1.165) is 22.9 Å². The van der Waals surface area contributed by atoms with Crippen LogP contribution in [0.2, 0.25) is 0 Å². The van der Waals surface area contributed by atoms with Gasteiger partial charge in [-0.25, -0.2) is 9.59 Å². The number of hydrogen-bond acceptors (Lipinski definition) is 8. The molecule has 2 atom stereocenters. The molecule has 0 amide bonds. The molecule has 1 fully saturated rings. The summed E-state index contributed by atoms with van der Waals surface area (Å²) in [5.74, 6) is 0.380. The third kappa shape index (κ3) is 8.39. The summed E-state index contributed by atoms with van der Waals surface area (Å²) in [5, 5.41) is 3.97. The Morgan fingerprint density at radius 1 is 0.909 bits per heavy atom. The molecule has 232 valence electrons. The van der Waals surface area contributed by atoms with E-state index in [9.17, 15) is 9.59 Å². The molecule has 0 aliphatic carbocycles. The zero-order valence-corrected chi connectivity index (χ0v) is 25.7. The number of hydroxylamine groups is 2. The van der Waals surface area contributed by atoms with E-state index in [1.807, 2.05) is 36.4 Å². The molecule has 1 saturated heterocycles. The summed E-state index contributed by atoms with van der Waals surface area (Å²) >= 11 is 0. The number of aromatic nitrogens is 1. The molecule has 9 heteroatoms. The maximum Gasteiger partial charge on any atom is 0.528 e. The monoisotopic (exact) mass is 600 g/mol. The zero-order chi connectivity index (χ0) is 31.1. The van der Waals surface area contributed by atoms with Gasteiger partial charge in [0.1, 0.15) is 30.3 Å². The molecule has 2 unspecified atom stereocenters. The number of esters is 1. The van der Waals surface area contributed by atoms with Crippen molar-refractivity contribution >= 4 is 22.9 Å². The van der Waals surface area contributed by atoms with Crippen LogP contribution in [0, 0.1) is 0 Å². The number of ether oxygens (including phenoxy) is 4. The van der Waals surface area contributed by atoms with Crippen molar-refractivity contribution in [3.63, 3.8) is 0 Å². The van der Waals surface area contributed by atoms with Gasteiger partial charge in [-0.05, 0) is 79.4 Å². The molecule has 3 aromatic carbocycles. The Morgan fingerprint density at radius 2 is 1.68 bits per heavy atom. The van der Waals surface area contributed by atoms with Gasteiger partial charge in [-0.2, -0.15) is 0 Å². The van der Waals surface area contributed by atoms with E-state index in [1.54, 1.807) is 55.8 Å². The van der Waals surface area contributed by atoms with E-state index < -0.39 is 11.8 Å². The molecule has 1 aliphatic heterocycles. The topological polar surface area (TPSA) is 88.5 Å². The quantitative estimate of drug-likeness (QED) is 0.148. The fraction of sp³-hybridized carbons (Fsp3) is 0.371. The van der Waals surface area contributed by atoms with Crippen molar-refractivity contribution in [1.82, 2.24) is 9.63 Å². The van der Waals surface area contributed by atoms with Gasteiger partial charge in [-0.3, -0.25) is 0 Å². The second kappa shape index (κ2) is 14.0. The number of nitrogens with zero attached hydrogens (tertiary/aromatic N) is 2. The molecular weight excluding hydrogens is 560 g/mol. The first-order valence-electron chi connectivity index (χ1n) is 14.9. The minimum absolute atomic E-state index is 0.0780. The standard InChI is InChI=1S/C35H40N2O7/c1-35(2,3)43-34(39)44-37-19-17-30(32(23-37)42-24-25-11-12-26-8-5-6-9-28(26)22-25)27-13-15-29(16-14-27)40-20-21-41-33(38)31-10-7-18-36(31)4/h5-16,18,22,30,32H,17,19-21,23-24H2,1-4H3. The summed E-state index contributed by atoms with van der Waals surface area (Å²) in [7, 11) is 1.80. The zero-order valence-electron chi connectivity index (χ0n) is 25.7. The summed E-state index contributed by atoms with van der Waals surface area (Å²) in [4.78, 5) is 30.1. The Morgan fingerprint density at radius 3 is 2.41 bits per heavy atom. The number of carbonyl (C=O) groups excluding carboxylic acids is 2. The van der Waals surface area contributed by atoms with Gasteiger partial charge in [-0.15, -0.1) is 5.06 Å². The first-order chi connectivity index (χ1) is 21.1. The Bertz CT molecular complexity index is 1560. The maximum absolute atomic E-state index is 12.4. The van der Waals surface area contributed by atoms with E-state index in [2.05, 4.69) is 30.3 Å². The average molecular weight is 601 g/mol. The van der Waals surface area contributed by atoms with Gasteiger partial charge < -0.3 is 28.4 Å². The highest BCUT2D eigenvalue weighted by Gasteiger charge is 2.34. The largest absolute Gasteiger partial charge is 0.528 e. The Kier molecular flexibility index (Phi) is 9.87. The molecule has 0 saturated carbocycles. The lowest BCUT2D eigenvalue weighted by molar-refractivity contribution is -0.179. The Balaban J connectivity index is 1.21. The molecule has 0 radical (unpaired) electrons. The van der Waals surface area contributed by atoms with Gasteiger partial charge in [-0.1, -0.05) is 48.5 Å². The van der Waals surface area contributed by atoms with E-state index in [4.69, 9.17) is 23.8 Å². The minimum atomic E-state index is -0.722. The van der Waals surface area contributed by atoms with Crippen molar-refractivity contribution in [2.45, 2.75) is 51.4 Å². The van der Waals surface area contributed by atoms with E-state index in [1.165, 1.54) is 5.39 Å². The third-order valence-corrected chi connectivity index (χ3v) is 7.44. The molecule has 1 aromatic heterocycles. The van der Waals surface area contributed by atoms with Crippen molar-refractivity contribution < 1.29 is 33.4 Å². The van der Waals surface area contributed by atoms with E-state index in [-0.39, 0.29) is 31.2 Å². The number of benzene rings is 3. The van der Waals surface area contributed by atoms with Crippen molar-refractivity contribution in [2.75, 3.05) is 26.3 Å². The summed E-state index contributed by atoms with van der Waals surface area (Å²) in [6, 6.07) is 26.0. The molecule has 4 aromatic rings. The number of fused-ring (bicyclic) bond motifs is 1. The molecule has 2 heterocycles. The van der Waals surface area contributed by atoms with Gasteiger partial charge in [0.15, 0.2) is 0 Å². The molecule has 0 bridgehead atoms. The Labute approximate surface area is 258 Å². The van der Waals surface area contributed by atoms with E-state index in [0.29, 0.717) is 31.1 Å². The number of hydrogen-bond donors (Lipinski definition) is 0. The van der Waals surface area contributed by atoms with Crippen molar-refractivity contribution in [3.05, 3.63) is 102 Å². The molecular formula is C35H40N2O7. The predicted molar refractivity (Wildman–Crippen MR) is 166 cm³/mol. The van der Waals surface area contributed by atoms with Crippen molar-refractivity contribution in [3.8, 4) is 5.75 Å². The number of carbonyl (C=O) groups is 2. The lowest BCUT2D eigenvalue weighted by atomic mass is 9.87. The molecule has 9 nitrogen and oxygen atoms in total. The predicted octanol–water partition coefficient (Wildman–Crippen LogP) is 6.66. The lowest BCUT2D eigenvalue weighted by Crippen LogP contribution is -2.45. The summed E-state index contributed by atoms with van der Waals surface area (Å²) < 4.78 is 24.7. The van der Waals surface area contributed by atoms with Gasteiger partial charge >= 0.3 is 12.1 Å². The van der Waals surface area contributed by atoms with E-state index >= 15 is 0 Å². The van der Waals surface area contributed by atoms with Gasteiger partial charge in [0.2, 0.25) is 0 Å². The van der Waals surface area contributed by atoms with Crippen LogP contribution >= 0.6 is 0 Å². The third-order valence-electron chi connectivity index (χ3n) is 7.44. The van der Waals surface area contributed by atoms with Gasteiger partial charge in [0.25, 0.3) is 0 Å². The summed E-state index contributed by atoms with van der Waals surface area (Å²) in [6.45, 7) is 7.18. The Hall–Kier alpha value is -4.34. The SMILES string of the molecule is Cn1cccc1C(=O)OCCOc1ccc(C2CCN(OC(=O)OC(C)(C)C)CC2OCc2ccc3ccccc3c2)cc1. The normalized spacial score (nSPS) is 17.3. The van der Waals surface area contributed by atoms with Crippen LogP contribution < -0.4 is 4.74 Å².